The number of hydrogen-bond donors (Lipinski definition) is 1. The molecule has 1 unspecified atom stereocenters. The van der Waals surface area contributed by atoms with E-state index in [0.717, 1.165) is 12.3 Å². The van der Waals surface area contributed by atoms with E-state index in [0.29, 0.717) is 16.5 Å². The van der Waals surface area contributed by atoms with Gasteiger partial charge in [0.1, 0.15) is 4.90 Å². The molecule has 1 N–H and O–H groups in total. The zero-order valence-corrected chi connectivity index (χ0v) is 13.5. The predicted molar refractivity (Wildman–Crippen MR) is 83.4 cm³/mol. The van der Waals surface area contributed by atoms with Crippen LogP contribution in [0.5, 0.6) is 0 Å². The standard InChI is InChI=1S/C13H22N2O2S2/c1-11(10-18-4)9-14-12-7-5-6-8-13(12)19(16,17)15(2)3/h5-8,11,14H,9-10H2,1-4H3. The van der Waals surface area contributed by atoms with Crippen LogP contribution in [0, 0.1) is 5.92 Å². The Kier molecular flexibility index (Phi) is 6.16. The van der Waals surface area contributed by atoms with Gasteiger partial charge in [0.05, 0.1) is 5.69 Å². The van der Waals surface area contributed by atoms with Crippen molar-refractivity contribution in [1.29, 1.82) is 0 Å². The van der Waals surface area contributed by atoms with Gasteiger partial charge in [-0.25, -0.2) is 12.7 Å². The Morgan fingerprint density at radius 1 is 1.32 bits per heavy atom. The smallest absolute Gasteiger partial charge is 0.244 e. The average Bonchev–Trinajstić information content (AvgIpc) is 2.37. The predicted octanol–water partition coefficient (Wildman–Crippen LogP) is 2.35. The molecule has 1 aromatic carbocycles. The van der Waals surface area contributed by atoms with Crippen molar-refractivity contribution in [2.45, 2.75) is 11.8 Å². The van der Waals surface area contributed by atoms with E-state index >= 15 is 0 Å². The van der Waals surface area contributed by atoms with Gasteiger partial charge in [0.25, 0.3) is 0 Å². The molecule has 4 nitrogen and oxygen atoms in total. The van der Waals surface area contributed by atoms with Crippen molar-refractivity contribution >= 4 is 27.5 Å². The number of hydrogen-bond acceptors (Lipinski definition) is 4. The van der Waals surface area contributed by atoms with Crippen LogP contribution in [0.15, 0.2) is 29.2 Å². The van der Waals surface area contributed by atoms with Gasteiger partial charge >= 0.3 is 0 Å². The highest BCUT2D eigenvalue weighted by molar-refractivity contribution is 7.98. The minimum atomic E-state index is -3.40. The van der Waals surface area contributed by atoms with Crippen LogP contribution in [0.2, 0.25) is 0 Å². The van der Waals surface area contributed by atoms with Crippen molar-refractivity contribution in [3.05, 3.63) is 24.3 Å². The fraction of sp³-hybridized carbons (Fsp3) is 0.538. The van der Waals surface area contributed by atoms with Crippen LogP contribution in [0.3, 0.4) is 0 Å². The minimum absolute atomic E-state index is 0.330. The lowest BCUT2D eigenvalue weighted by Gasteiger charge is -2.18. The van der Waals surface area contributed by atoms with E-state index in [2.05, 4.69) is 18.5 Å². The molecule has 0 bridgehead atoms. The zero-order valence-electron chi connectivity index (χ0n) is 11.9. The molecule has 0 amide bonds. The summed E-state index contributed by atoms with van der Waals surface area (Å²) in [6, 6.07) is 7.03. The Hall–Kier alpha value is -0.720. The molecule has 0 aromatic heterocycles. The van der Waals surface area contributed by atoms with Gasteiger partial charge in [0, 0.05) is 20.6 Å². The van der Waals surface area contributed by atoms with E-state index in [1.165, 1.54) is 4.31 Å². The van der Waals surface area contributed by atoms with Crippen molar-refractivity contribution in [3.8, 4) is 0 Å². The largest absolute Gasteiger partial charge is 0.384 e. The Labute approximate surface area is 120 Å². The second-order valence-corrected chi connectivity index (χ2v) is 7.76. The summed E-state index contributed by atoms with van der Waals surface area (Å²) in [6.45, 7) is 2.91. The van der Waals surface area contributed by atoms with Crippen molar-refractivity contribution < 1.29 is 8.42 Å². The van der Waals surface area contributed by atoms with Gasteiger partial charge in [-0.2, -0.15) is 11.8 Å². The van der Waals surface area contributed by atoms with Crippen molar-refractivity contribution in [1.82, 2.24) is 4.31 Å². The second kappa shape index (κ2) is 7.17. The molecule has 0 aliphatic heterocycles. The molecule has 0 radical (unpaired) electrons. The summed E-state index contributed by atoms with van der Waals surface area (Å²) in [5.41, 5.74) is 0.671. The van der Waals surface area contributed by atoms with Crippen LogP contribution in [-0.2, 0) is 10.0 Å². The molecule has 0 saturated heterocycles. The Morgan fingerprint density at radius 3 is 2.53 bits per heavy atom. The zero-order chi connectivity index (χ0) is 14.5. The van der Waals surface area contributed by atoms with Crippen LogP contribution in [0.25, 0.3) is 0 Å². The summed E-state index contributed by atoms with van der Waals surface area (Å²) in [7, 11) is -0.314. The van der Waals surface area contributed by atoms with E-state index in [4.69, 9.17) is 0 Å². The van der Waals surface area contributed by atoms with Crippen LogP contribution in [-0.4, -0.2) is 45.4 Å². The fourth-order valence-corrected chi connectivity index (χ4v) is 3.41. The number of sulfonamides is 1. The second-order valence-electron chi connectivity index (χ2n) is 4.73. The molecule has 0 saturated carbocycles. The minimum Gasteiger partial charge on any atom is -0.384 e. The molecular formula is C13H22N2O2S2. The lowest BCUT2D eigenvalue weighted by molar-refractivity contribution is 0.521. The highest BCUT2D eigenvalue weighted by atomic mass is 32.2. The number of nitrogens with zero attached hydrogens (tertiary/aromatic N) is 1. The molecule has 1 rings (SSSR count). The molecule has 0 heterocycles. The van der Waals surface area contributed by atoms with E-state index in [1.54, 1.807) is 38.0 Å². The van der Waals surface area contributed by atoms with E-state index in [1.807, 2.05) is 12.1 Å². The number of anilines is 1. The molecule has 108 valence electrons. The first kappa shape index (κ1) is 16.3. The average molecular weight is 302 g/mol. The normalized spacial score (nSPS) is 13.5. The molecule has 0 spiro atoms. The van der Waals surface area contributed by atoms with Gasteiger partial charge in [-0.3, -0.25) is 0 Å². The maximum Gasteiger partial charge on any atom is 0.244 e. The van der Waals surface area contributed by atoms with Gasteiger partial charge in [-0.05, 0) is 30.1 Å². The number of para-hydroxylation sites is 1. The lowest BCUT2D eigenvalue weighted by Crippen LogP contribution is -2.24. The number of benzene rings is 1. The first-order chi connectivity index (χ1) is 8.89. The van der Waals surface area contributed by atoms with Gasteiger partial charge in [-0.1, -0.05) is 19.1 Å². The maximum absolute atomic E-state index is 12.2. The number of thioether (sulfide) groups is 1. The quantitative estimate of drug-likeness (QED) is 0.840. The highest BCUT2D eigenvalue weighted by Crippen LogP contribution is 2.23. The summed E-state index contributed by atoms with van der Waals surface area (Å²) in [5, 5.41) is 3.24. The maximum atomic E-state index is 12.2. The molecule has 1 aromatic rings. The summed E-state index contributed by atoms with van der Waals surface area (Å²) >= 11 is 1.79. The molecule has 6 heteroatoms. The van der Waals surface area contributed by atoms with Crippen molar-refractivity contribution in [2.24, 2.45) is 5.92 Å². The summed E-state index contributed by atoms with van der Waals surface area (Å²) in [5.74, 6) is 1.54. The van der Waals surface area contributed by atoms with Crippen LogP contribution >= 0.6 is 11.8 Å². The molecule has 1 atom stereocenters. The monoisotopic (exact) mass is 302 g/mol. The van der Waals surface area contributed by atoms with E-state index in [-0.39, 0.29) is 0 Å². The van der Waals surface area contributed by atoms with Gasteiger partial charge < -0.3 is 5.32 Å². The summed E-state index contributed by atoms with van der Waals surface area (Å²) in [6.07, 6.45) is 2.07. The van der Waals surface area contributed by atoms with E-state index in [9.17, 15) is 8.42 Å². The van der Waals surface area contributed by atoms with Crippen LogP contribution in [0.1, 0.15) is 6.92 Å². The Bertz CT molecular complexity index is 501. The molecule has 0 aliphatic carbocycles. The SMILES string of the molecule is CSCC(C)CNc1ccccc1S(=O)(=O)N(C)C. The first-order valence-electron chi connectivity index (χ1n) is 6.14. The third kappa shape index (κ3) is 4.40. The molecular weight excluding hydrogens is 280 g/mol. The van der Waals surface area contributed by atoms with Gasteiger partial charge in [-0.15, -0.1) is 0 Å². The topological polar surface area (TPSA) is 49.4 Å². The third-order valence-corrected chi connectivity index (χ3v) is 5.51. The van der Waals surface area contributed by atoms with Gasteiger partial charge in [0.2, 0.25) is 10.0 Å². The van der Waals surface area contributed by atoms with Crippen LogP contribution < -0.4 is 5.32 Å². The molecule has 0 aliphatic rings. The Morgan fingerprint density at radius 2 is 1.95 bits per heavy atom. The van der Waals surface area contributed by atoms with E-state index < -0.39 is 10.0 Å². The number of nitrogens with one attached hydrogen (secondary N) is 1. The molecule has 0 fully saturated rings. The molecule has 19 heavy (non-hydrogen) atoms. The first-order valence-corrected chi connectivity index (χ1v) is 8.97. The number of rotatable bonds is 7. The van der Waals surface area contributed by atoms with Crippen molar-refractivity contribution in [2.75, 3.05) is 38.0 Å². The Balaban J connectivity index is 2.91. The van der Waals surface area contributed by atoms with Gasteiger partial charge in [0.15, 0.2) is 0 Å². The fourth-order valence-electron chi connectivity index (χ4n) is 1.66. The summed E-state index contributed by atoms with van der Waals surface area (Å²) in [4.78, 5) is 0.330. The van der Waals surface area contributed by atoms with Crippen molar-refractivity contribution in [3.63, 3.8) is 0 Å². The third-order valence-electron chi connectivity index (χ3n) is 2.74. The highest BCUT2D eigenvalue weighted by Gasteiger charge is 2.20. The summed E-state index contributed by atoms with van der Waals surface area (Å²) < 4.78 is 25.6. The van der Waals surface area contributed by atoms with Crippen LogP contribution in [0.4, 0.5) is 5.69 Å². The lowest BCUT2D eigenvalue weighted by atomic mass is 10.2.